The summed E-state index contributed by atoms with van der Waals surface area (Å²) in [4.78, 5) is 14.9. The zero-order valence-corrected chi connectivity index (χ0v) is 13.4. The van der Waals surface area contributed by atoms with Gasteiger partial charge < -0.3 is 9.15 Å². The van der Waals surface area contributed by atoms with Gasteiger partial charge in [0.1, 0.15) is 0 Å². The van der Waals surface area contributed by atoms with Crippen LogP contribution < -0.4 is 4.57 Å². The summed E-state index contributed by atoms with van der Waals surface area (Å²) in [5.74, 6) is 6.10. The van der Waals surface area contributed by atoms with Gasteiger partial charge in [0.25, 0.3) is 0 Å². The van der Waals surface area contributed by atoms with E-state index < -0.39 is 5.97 Å². The number of rotatable bonds is 4. The molecule has 0 aliphatic heterocycles. The predicted octanol–water partition coefficient (Wildman–Crippen LogP) is 2.54. The Hall–Kier alpha value is -2.65. The van der Waals surface area contributed by atoms with Gasteiger partial charge >= 0.3 is 11.1 Å². The van der Waals surface area contributed by atoms with Crippen LogP contribution >= 0.6 is 11.8 Å². The molecule has 0 atom stereocenters. The van der Waals surface area contributed by atoms with Crippen molar-refractivity contribution in [3.8, 4) is 11.8 Å². The van der Waals surface area contributed by atoms with Crippen molar-refractivity contribution in [1.82, 2.24) is 4.98 Å². The highest BCUT2D eigenvalue weighted by Crippen LogP contribution is 2.16. The molecule has 0 aliphatic rings. The number of nitrogens with zero attached hydrogens (tertiary/aromatic N) is 1. The van der Waals surface area contributed by atoms with Crippen LogP contribution in [0, 0.1) is 11.8 Å². The molecule has 0 aliphatic carbocycles. The summed E-state index contributed by atoms with van der Waals surface area (Å²) in [6, 6.07) is 11.3. The van der Waals surface area contributed by atoms with E-state index in [1.165, 1.54) is 6.26 Å². The van der Waals surface area contributed by atoms with Crippen molar-refractivity contribution in [3.63, 3.8) is 0 Å². The summed E-state index contributed by atoms with van der Waals surface area (Å²) < 4.78 is 12.0. The summed E-state index contributed by atoms with van der Waals surface area (Å²) in [5.41, 5.74) is 2.24. The van der Waals surface area contributed by atoms with Crippen LogP contribution in [0.4, 0.5) is 0 Å². The number of hydrogen-bond donors (Lipinski definition) is 1. The summed E-state index contributed by atoms with van der Waals surface area (Å²) in [5, 5.41) is 1.04. The molecule has 116 valence electrons. The van der Waals surface area contributed by atoms with Gasteiger partial charge in [-0.1, -0.05) is 24.0 Å². The molecule has 0 radical (unpaired) electrons. The van der Waals surface area contributed by atoms with Crippen molar-refractivity contribution in [1.29, 1.82) is 0 Å². The molecule has 0 unspecified atom stereocenters. The lowest BCUT2D eigenvalue weighted by atomic mass is 10.3. The van der Waals surface area contributed by atoms with E-state index in [4.69, 9.17) is 9.15 Å². The van der Waals surface area contributed by atoms with Crippen molar-refractivity contribution < 1.29 is 18.5 Å². The molecule has 0 saturated carbocycles. The molecule has 2 heterocycles. The van der Waals surface area contributed by atoms with E-state index in [0.29, 0.717) is 5.75 Å². The molecule has 2 aromatic heterocycles. The first-order valence-corrected chi connectivity index (χ1v) is 8.00. The van der Waals surface area contributed by atoms with E-state index in [1.807, 2.05) is 25.2 Å². The Morgan fingerprint density at radius 1 is 1.30 bits per heavy atom. The number of aryl methyl sites for hydroxylation is 1. The van der Waals surface area contributed by atoms with Crippen molar-refractivity contribution in [2.75, 3.05) is 12.4 Å². The lowest BCUT2D eigenvalue weighted by molar-refractivity contribution is -0.683. The van der Waals surface area contributed by atoms with Crippen molar-refractivity contribution in [2.45, 2.75) is 5.16 Å². The van der Waals surface area contributed by atoms with Crippen LogP contribution in [0.3, 0.4) is 0 Å². The summed E-state index contributed by atoms with van der Waals surface area (Å²) in [6.45, 7) is 0.0545. The van der Waals surface area contributed by atoms with Crippen molar-refractivity contribution in [3.05, 3.63) is 48.4 Å². The van der Waals surface area contributed by atoms with Gasteiger partial charge in [-0.05, 0) is 36.0 Å². The average molecular weight is 327 g/mol. The minimum atomic E-state index is -0.501. The van der Waals surface area contributed by atoms with Gasteiger partial charge in [-0.15, -0.1) is 0 Å². The number of para-hydroxylation sites is 2. The predicted molar refractivity (Wildman–Crippen MR) is 87.0 cm³/mol. The number of nitrogens with one attached hydrogen (secondary N) is 1. The van der Waals surface area contributed by atoms with Gasteiger partial charge in [0.05, 0.1) is 19.1 Å². The highest BCUT2D eigenvalue weighted by atomic mass is 32.2. The third-order valence-electron chi connectivity index (χ3n) is 3.22. The van der Waals surface area contributed by atoms with Crippen molar-refractivity contribution in [2.24, 2.45) is 7.05 Å². The maximum atomic E-state index is 11.5. The van der Waals surface area contributed by atoms with Gasteiger partial charge in [-0.25, -0.2) is 14.3 Å². The van der Waals surface area contributed by atoms with E-state index >= 15 is 0 Å². The Morgan fingerprint density at radius 2 is 2.17 bits per heavy atom. The first-order valence-electron chi connectivity index (χ1n) is 7.01. The number of hydrogen-bond acceptors (Lipinski definition) is 4. The van der Waals surface area contributed by atoms with Gasteiger partial charge in [0, 0.05) is 0 Å². The molecule has 0 fully saturated rings. The van der Waals surface area contributed by atoms with Crippen LogP contribution in [0.25, 0.3) is 11.0 Å². The van der Waals surface area contributed by atoms with E-state index in [1.54, 1.807) is 23.9 Å². The molecule has 1 aromatic carbocycles. The maximum absolute atomic E-state index is 11.5. The zero-order chi connectivity index (χ0) is 16.1. The van der Waals surface area contributed by atoms with E-state index in [2.05, 4.69) is 27.5 Å². The minimum absolute atomic E-state index is 0.0545. The minimum Gasteiger partial charge on any atom is -0.457 e. The number of fused-ring (bicyclic) bond motifs is 1. The third kappa shape index (κ3) is 3.58. The Bertz CT molecular complexity index is 872. The first-order chi connectivity index (χ1) is 11.3. The number of esters is 1. The Labute approximate surface area is 137 Å². The molecule has 0 amide bonds. The highest BCUT2D eigenvalue weighted by molar-refractivity contribution is 7.99. The number of furan rings is 1. The molecule has 1 N–H and O–H groups in total. The van der Waals surface area contributed by atoms with Crippen LogP contribution in [-0.2, 0) is 11.8 Å². The summed E-state index contributed by atoms with van der Waals surface area (Å²) >= 11 is 1.60. The van der Waals surface area contributed by atoms with E-state index in [0.717, 1.165) is 16.2 Å². The van der Waals surface area contributed by atoms with Gasteiger partial charge in [0.15, 0.2) is 17.6 Å². The zero-order valence-electron chi connectivity index (χ0n) is 12.5. The van der Waals surface area contributed by atoms with Crippen LogP contribution in [0.2, 0.25) is 0 Å². The number of H-pyrrole nitrogens is 1. The number of carbonyl (C=O) groups is 1. The standard InChI is InChI=1S/C17H14N2O3S/c1-19-14-8-3-2-7-13(14)18-17(19)23-12-5-4-10-22-16(20)15-9-6-11-21-15/h2-3,6-9,11H,10,12H2,1H3/p+1. The number of imidazole rings is 1. The Kier molecular flexibility index (Phi) is 4.69. The number of aromatic nitrogens is 2. The lowest BCUT2D eigenvalue weighted by Crippen LogP contribution is -2.28. The molecular weight excluding hydrogens is 312 g/mol. The van der Waals surface area contributed by atoms with Crippen LogP contribution in [0.5, 0.6) is 0 Å². The number of thioether (sulfide) groups is 1. The monoisotopic (exact) mass is 327 g/mol. The largest absolute Gasteiger partial charge is 0.457 e. The Balaban J connectivity index is 1.49. The molecule has 3 aromatic rings. The van der Waals surface area contributed by atoms with Crippen molar-refractivity contribution >= 4 is 28.8 Å². The SMILES string of the molecule is C[n+]1c(SCC#CCOC(=O)c2ccco2)[nH]c2ccccc21. The number of ether oxygens (including phenoxy) is 1. The fourth-order valence-corrected chi connectivity index (χ4v) is 2.87. The lowest BCUT2D eigenvalue weighted by Gasteiger charge is -1.95. The Morgan fingerprint density at radius 3 is 2.96 bits per heavy atom. The second-order valence-electron chi connectivity index (χ2n) is 4.70. The molecule has 0 saturated heterocycles. The van der Waals surface area contributed by atoms with Crippen LogP contribution in [-0.4, -0.2) is 23.3 Å². The molecule has 23 heavy (non-hydrogen) atoms. The molecule has 5 nitrogen and oxygen atoms in total. The van der Waals surface area contributed by atoms with E-state index in [-0.39, 0.29) is 12.4 Å². The van der Waals surface area contributed by atoms with Gasteiger partial charge in [-0.3, -0.25) is 0 Å². The summed E-state index contributed by atoms with van der Waals surface area (Å²) in [6.07, 6.45) is 1.43. The molecule has 0 bridgehead atoms. The average Bonchev–Trinajstić information content (AvgIpc) is 3.20. The molecular formula is C17H15N2O3S+. The van der Waals surface area contributed by atoms with Gasteiger partial charge in [-0.2, -0.15) is 0 Å². The summed E-state index contributed by atoms with van der Waals surface area (Å²) in [7, 11) is 2.01. The fraction of sp³-hybridized carbons (Fsp3) is 0.176. The third-order valence-corrected chi connectivity index (χ3v) is 4.15. The second-order valence-corrected chi connectivity index (χ2v) is 5.67. The first kappa shape index (κ1) is 15.3. The maximum Gasteiger partial charge on any atom is 0.375 e. The quantitative estimate of drug-likeness (QED) is 0.346. The topological polar surface area (TPSA) is 59.1 Å². The van der Waals surface area contributed by atoms with Gasteiger partial charge in [0.2, 0.25) is 5.76 Å². The second kappa shape index (κ2) is 7.07. The highest BCUT2D eigenvalue weighted by Gasteiger charge is 2.14. The number of carbonyl (C=O) groups excluding carboxylic acids is 1. The molecule has 0 spiro atoms. The van der Waals surface area contributed by atoms with E-state index in [9.17, 15) is 4.79 Å². The van der Waals surface area contributed by atoms with Crippen LogP contribution in [0.15, 0.2) is 52.2 Å². The molecule has 3 rings (SSSR count). The fourth-order valence-electron chi connectivity index (χ4n) is 2.09. The number of benzene rings is 1. The smallest absolute Gasteiger partial charge is 0.375 e. The van der Waals surface area contributed by atoms with Crippen LogP contribution in [0.1, 0.15) is 10.6 Å². The number of aromatic amines is 1. The molecule has 6 heteroatoms. The normalized spacial score (nSPS) is 10.3.